The number of ether oxygens (including phenoxy) is 2. The van der Waals surface area contributed by atoms with Gasteiger partial charge in [0.1, 0.15) is 0 Å². The normalized spacial score (nSPS) is 20.0. The number of carbonyl (C=O) groups is 1. The van der Waals surface area contributed by atoms with E-state index in [0.29, 0.717) is 18.0 Å². The second kappa shape index (κ2) is 10.6. The molecule has 0 saturated carbocycles. The van der Waals surface area contributed by atoms with Gasteiger partial charge in [-0.3, -0.25) is 10.2 Å². The van der Waals surface area contributed by atoms with Crippen LogP contribution in [0.2, 0.25) is 0 Å². The Morgan fingerprint density at radius 2 is 1.78 bits per heavy atom. The van der Waals surface area contributed by atoms with Gasteiger partial charge in [0.25, 0.3) is 5.91 Å². The number of anilines is 2. The van der Waals surface area contributed by atoms with E-state index in [1.54, 1.807) is 7.11 Å². The van der Waals surface area contributed by atoms with Crippen molar-refractivity contribution >= 4 is 29.0 Å². The molecule has 184 valence electrons. The molecular weight excluding hydrogens is 456 g/mol. The molecule has 0 spiro atoms. The molecule has 3 N–H and O–H groups in total. The van der Waals surface area contributed by atoms with Gasteiger partial charge < -0.3 is 19.7 Å². The van der Waals surface area contributed by atoms with E-state index in [1.807, 2.05) is 85.9 Å². The van der Waals surface area contributed by atoms with Crippen LogP contribution in [0.15, 0.2) is 88.8 Å². The van der Waals surface area contributed by atoms with E-state index < -0.39 is 12.4 Å². The summed E-state index contributed by atoms with van der Waals surface area (Å²) in [5.41, 5.74) is 11.1. The zero-order valence-electron chi connectivity index (χ0n) is 20.1. The number of carbonyl (C=O) groups excluding carboxylic acids is 1. The fraction of sp³-hybridized carbons (Fsp3) is 0.222. The first kappa shape index (κ1) is 23.5. The van der Waals surface area contributed by atoms with E-state index in [1.165, 1.54) is 0 Å². The number of hydrogen-bond acceptors (Lipinski definition) is 7. The first-order chi connectivity index (χ1) is 17.6. The molecule has 2 unspecified atom stereocenters. The molecule has 1 fully saturated rings. The summed E-state index contributed by atoms with van der Waals surface area (Å²) in [6.07, 6.45) is -1.47. The highest BCUT2D eigenvalue weighted by Crippen LogP contribution is 2.25. The number of benzene rings is 3. The lowest BCUT2D eigenvalue weighted by molar-refractivity contribution is -0.117. The van der Waals surface area contributed by atoms with Gasteiger partial charge in [0.2, 0.25) is 6.17 Å². The molecule has 1 saturated heterocycles. The largest absolute Gasteiger partial charge is 0.439 e. The van der Waals surface area contributed by atoms with Crippen LogP contribution in [0.4, 0.5) is 11.4 Å². The average Bonchev–Trinajstić information content (AvgIpc) is 3.34. The number of likely N-dealkylation sites (N-methyl/N-ethyl adjacent to an activating group) is 1. The van der Waals surface area contributed by atoms with Gasteiger partial charge in [-0.25, -0.2) is 4.99 Å². The molecule has 2 aliphatic heterocycles. The van der Waals surface area contributed by atoms with Crippen LogP contribution in [0.5, 0.6) is 0 Å². The van der Waals surface area contributed by atoms with Gasteiger partial charge in [0.15, 0.2) is 6.23 Å². The van der Waals surface area contributed by atoms with Gasteiger partial charge in [-0.15, -0.1) is 0 Å². The van der Waals surface area contributed by atoms with Crippen LogP contribution in [0, 0.1) is 0 Å². The Hall–Kier alpha value is -4.21. The number of para-hydroxylation sites is 1. The maximum absolute atomic E-state index is 13.0. The van der Waals surface area contributed by atoms with Crippen LogP contribution in [-0.2, 0) is 14.3 Å². The molecule has 0 aromatic heterocycles. The topological polar surface area (TPSA) is 99.6 Å². The Morgan fingerprint density at radius 1 is 1.03 bits per heavy atom. The van der Waals surface area contributed by atoms with Crippen LogP contribution in [0.1, 0.15) is 22.9 Å². The fourth-order valence-electron chi connectivity index (χ4n) is 4.04. The molecule has 2 heterocycles. The fourth-order valence-corrected chi connectivity index (χ4v) is 4.04. The summed E-state index contributed by atoms with van der Waals surface area (Å²) in [5, 5.41) is 2.94. The minimum Gasteiger partial charge on any atom is -0.439 e. The summed E-state index contributed by atoms with van der Waals surface area (Å²) in [7, 11) is 3.71. The van der Waals surface area contributed by atoms with Crippen molar-refractivity contribution in [1.82, 2.24) is 10.9 Å². The lowest BCUT2D eigenvalue weighted by atomic mass is 10.0. The molecule has 0 radical (unpaired) electrons. The Balaban J connectivity index is 1.36. The molecular formula is C27H28N6O3. The van der Waals surface area contributed by atoms with Crippen molar-refractivity contribution in [2.45, 2.75) is 12.4 Å². The van der Waals surface area contributed by atoms with E-state index in [4.69, 9.17) is 14.5 Å². The number of methoxy groups -OCH3 is 1. The van der Waals surface area contributed by atoms with Gasteiger partial charge in [0.05, 0.1) is 18.0 Å². The van der Waals surface area contributed by atoms with Gasteiger partial charge in [0, 0.05) is 43.1 Å². The quantitative estimate of drug-likeness (QED) is 0.477. The molecule has 2 aliphatic rings. The molecule has 9 nitrogen and oxygen atoms in total. The zero-order chi connectivity index (χ0) is 24.9. The zero-order valence-corrected chi connectivity index (χ0v) is 20.1. The molecule has 36 heavy (non-hydrogen) atoms. The number of fused-ring (bicyclic) bond motifs is 1. The van der Waals surface area contributed by atoms with Crippen LogP contribution in [-0.4, -0.2) is 51.1 Å². The first-order valence-electron chi connectivity index (χ1n) is 11.7. The second-order valence-electron chi connectivity index (χ2n) is 8.46. The van der Waals surface area contributed by atoms with Crippen molar-refractivity contribution in [2.75, 3.05) is 37.5 Å². The highest BCUT2D eigenvalue weighted by Gasteiger charge is 2.29. The van der Waals surface area contributed by atoms with Crippen molar-refractivity contribution in [1.29, 1.82) is 0 Å². The van der Waals surface area contributed by atoms with Crippen LogP contribution in [0.3, 0.4) is 0 Å². The molecule has 9 heteroatoms. The maximum Gasteiger partial charge on any atom is 0.304 e. The Labute approximate surface area is 209 Å². The summed E-state index contributed by atoms with van der Waals surface area (Å²) in [6, 6.07) is 25.6. The van der Waals surface area contributed by atoms with Gasteiger partial charge in [-0.05, 0) is 18.2 Å². The number of aliphatic imine (C=N–C) groups is 2. The van der Waals surface area contributed by atoms with Crippen molar-refractivity contribution < 1.29 is 14.3 Å². The number of hydrogen-bond donors (Lipinski definition) is 3. The van der Waals surface area contributed by atoms with Gasteiger partial charge in [-0.2, -0.15) is 10.4 Å². The van der Waals surface area contributed by atoms with Crippen molar-refractivity contribution in [3.05, 3.63) is 95.6 Å². The van der Waals surface area contributed by atoms with Crippen molar-refractivity contribution in [3.8, 4) is 0 Å². The third-order valence-electron chi connectivity index (χ3n) is 6.02. The highest BCUT2D eigenvalue weighted by molar-refractivity contribution is 6.19. The number of benzodiazepines with no additional fused rings is 1. The average molecular weight is 485 g/mol. The summed E-state index contributed by atoms with van der Waals surface area (Å²) in [4.78, 5) is 24.4. The van der Waals surface area contributed by atoms with E-state index in [2.05, 4.69) is 26.1 Å². The van der Waals surface area contributed by atoms with E-state index in [-0.39, 0.29) is 11.9 Å². The number of nitrogens with zero attached hydrogens (tertiary/aromatic N) is 3. The van der Waals surface area contributed by atoms with Crippen molar-refractivity contribution in [3.63, 3.8) is 0 Å². The van der Waals surface area contributed by atoms with Crippen molar-refractivity contribution in [2.24, 2.45) is 9.98 Å². The molecule has 3 aromatic carbocycles. The predicted molar refractivity (Wildman–Crippen MR) is 140 cm³/mol. The van der Waals surface area contributed by atoms with Gasteiger partial charge >= 0.3 is 6.02 Å². The minimum atomic E-state index is -1.02. The Morgan fingerprint density at radius 3 is 2.56 bits per heavy atom. The van der Waals surface area contributed by atoms with E-state index >= 15 is 0 Å². The first-order valence-corrected chi connectivity index (χ1v) is 11.7. The Kier molecular flexibility index (Phi) is 6.92. The highest BCUT2D eigenvalue weighted by atomic mass is 16.5. The number of hydrazine groups is 1. The lowest BCUT2D eigenvalue weighted by Crippen LogP contribution is -2.31. The predicted octanol–water partition coefficient (Wildman–Crippen LogP) is 3.06. The standard InChI is InChI=1S/C27H28N6O3/c1-33(16-17-35-2)20-14-12-19(13-15-20)26-31-32-27(36-26)30-24-25(34)28-22-11-7-6-10-21(22)23(29-24)18-8-4-3-5-9-18/h3-15,24,26,31H,16-17H2,1-2H3,(H,28,34)(H,30,32). The summed E-state index contributed by atoms with van der Waals surface area (Å²) in [6.45, 7) is 1.45. The summed E-state index contributed by atoms with van der Waals surface area (Å²) in [5.74, 6) is -0.335. The Bertz CT molecular complexity index is 1280. The number of amidine groups is 1. The molecule has 1 amide bonds. The second-order valence-corrected chi connectivity index (χ2v) is 8.46. The lowest BCUT2D eigenvalue weighted by Gasteiger charge is -2.19. The summed E-state index contributed by atoms with van der Waals surface area (Å²) >= 11 is 0. The molecule has 5 rings (SSSR count). The minimum absolute atomic E-state index is 0.198. The maximum atomic E-state index is 13.0. The summed E-state index contributed by atoms with van der Waals surface area (Å²) < 4.78 is 11.1. The van der Waals surface area contributed by atoms with Crippen LogP contribution >= 0.6 is 0 Å². The third-order valence-corrected chi connectivity index (χ3v) is 6.02. The van der Waals surface area contributed by atoms with Gasteiger partial charge in [-0.1, -0.05) is 60.7 Å². The molecule has 0 aliphatic carbocycles. The van der Waals surface area contributed by atoms with E-state index in [9.17, 15) is 4.79 Å². The monoisotopic (exact) mass is 484 g/mol. The SMILES string of the molecule is COCCN(C)c1ccc(C2NN/C(=N\C3N=C(c4ccccc4)c4ccccc4NC3=O)O2)cc1. The number of nitrogens with one attached hydrogen (secondary N) is 3. The molecule has 0 bridgehead atoms. The molecule has 2 atom stereocenters. The van der Waals surface area contributed by atoms with Crippen LogP contribution < -0.4 is 21.1 Å². The van der Waals surface area contributed by atoms with Crippen LogP contribution in [0.25, 0.3) is 0 Å². The van der Waals surface area contributed by atoms with E-state index in [0.717, 1.165) is 28.9 Å². The third kappa shape index (κ3) is 5.07. The smallest absolute Gasteiger partial charge is 0.304 e. The number of amides is 1. The number of rotatable bonds is 7. The molecule has 3 aromatic rings.